The molecule has 1 amide bonds. The van der Waals surface area contributed by atoms with E-state index in [2.05, 4.69) is 17.2 Å². The van der Waals surface area contributed by atoms with Crippen LogP contribution in [0.3, 0.4) is 0 Å². The standard InChI is InChI=1S/C13H16Cl2N2O3/c1-7-2-4-13(5-3-7,12(19)20)17-11(18)9-6-8(14)10(15)16-9/h6-7,16H,2-5H2,1H3,(H,17,18)(H,19,20). The van der Waals surface area contributed by atoms with Crippen LogP contribution >= 0.6 is 23.2 Å². The molecule has 0 unspecified atom stereocenters. The molecule has 0 bridgehead atoms. The number of carboxylic acid groups (broad SMARTS) is 1. The van der Waals surface area contributed by atoms with E-state index in [1.807, 2.05) is 0 Å². The summed E-state index contributed by atoms with van der Waals surface area (Å²) in [5.41, 5.74) is -1.03. The molecule has 0 spiro atoms. The number of aromatic nitrogens is 1. The van der Waals surface area contributed by atoms with Crippen LogP contribution in [0.5, 0.6) is 0 Å². The highest BCUT2D eigenvalue weighted by Crippen LogP contribution is 2.32. The largest absolute Gasteiger partial charge is 0.480 e. The van der Waals surface area contributed by atoms with Crippen molar-refractivity contribution in [1.82, 2.24) is 10.3 Å². The van der Waals surface area contributed by atoms with Gasteiger partial charge in [-0.15, -0.1) is 0 Å². The predicted octanol–water partition coefficient (Wildman–Crippen LogP) is 3.08. The average Bonchev–Trinajstić information content (AvgIpc) is 2.72. The Balaban J connectivity index is 2.16. The number of carbonyl (C=O) groups excluding carboxylic acids is 1. The van der Waals surface area contributed by atoms with E-state index in [1.165, 1.54) is 6.07 Å². The summed E-state index contributed by atoms with van der Waals surface area (Å²) < 4.78 is 0. The second-order valence-electron chi connectivity index (χ2n) is 5.37. The second-order valence-corrected chi connectivity index (χ2v) is 6.15. The van der Waals surface area contributed by atoms with Gasteiger partial charge >= 0.3 is 5.97 Å². The normalized spacial score (nSPS) is 26.2. The number of carboxylic acids is 1. The zero-order chi connectivity index (χ0) is 14.9. The maximum absolute atomic E-state index is 12.1. The van der Waals surface area contributed by atoms with Crippen molar-refractivity contribution in [2.45, 2.75) is 38.1 Å². The van der Waals surface area contributed by atoms with E-state index in [0.29, 0.717) is 18.8 Å². The zero-order valence-electron chi connectivity index (χ0n) is 11.0. The summed E-state index contributed by atoms with van der Waals surface area (Å²) in [6, 6.07) is 1.39. The van der Waals surface area contributed by atoms with E-state index in [9.17, 15) is 14.7 Å². The van der Waals surface area contributed by atoms with Crippen molar-refractivity contribution in [2.24, 2.45) is 5.92 Å². The van der Waals surface area contributed by atoms with Gasteiger partial charge in [0.05, 0.1) is 5.02 Å². The highest BCUT2D eigenvalue weighted by atomic mass is 35.5. The zero-order valence-corrected chi connectivity index (χ0v) is 12.5. The number of aliphatic carboxylic acids is 1. The molecule has 110 valence electrons. The minimum absolute atomic E-state index is 0.165. The maximum Gasteiger partial charge on any atom is 0.329 e. The van der Waals surface area contributed by atoms with Crippen molar-refractivity contribution in [3.8, 4) is 0 Å². The quantitative estimate of drug-likeness (QED) is 0.801. The van der Waals surface area contributed by atoms with Crippen LogP contribution in [-0.4, -0.2) is 27.5 Å². The van der Waals surface area contributed by atoms with Crippen LogP contribution in [0.1, 0.15) is 43.1 Å². The predicted molar refractivity (Wildman–Crippen MR) is 76.3 cm³/mol. The number of hydrogen-bond donors (Lipinski definition) is 3. The Morgan fingerprint density at radius 1 is 1.40 bits per heavy atom. The lowest BCUT2D eigenvalue weighted by Gasteiger charge is -2.36. The van der Waals surface area contributed by atoms with Crippen LogP contribution in [0, 0.1) is 5.92 Å². The van der Waals surface area contributed by atoms with Gasteiger partial charge in [0.2, 0.25) is 0 Å². The number of carbonyl (C=O) groups is 2. The molecule has 0 radical (unpaired) electrons. The van der Waals surface area contributed by atoms with Gasteiger partial charge < -0.3 is 15.4 Å². The lowest BCUT2D eigenvalue weighted by Crippen LogP contribution is -2.56. The molecule has 3 N–H and O–H groups in total. The summed E-state index contributed by atoms with van der Waals surface area (Å²) >= 11 is 11.5. The molecule has 2 rings (SSSR count). The van der Waals surface area contributed by atoms with Gasteiger partial charge in [-0.2, -0.15) is 0 Å². The summed E-state index contributed by atoms with van der Waals surface area (Å²) in [5, 5.41) is 12.5. The third-order valence-electron chi connectivity index (χ3n) is 3.86. The van der Waals surface area contributed by atoms with Gasteiger partial charge in [0.1, 0.15) is 16.4 Å². The number of hydrogen-bond acceptors (Lipinski definition) is 2. The van der Waals surface area contributed by atoms with Gasteiger partial charge in [0.25, 0.3) is 5.91 Å². The molecular formula is C13H16Cl2N2O3. The first-order valence-electron chi connectivity index (χ1n) is 6.44. The molecule has 5 nitrogen and oxygen atoms in total. The first-order valence-corrected chi connectivity index (χ1v) is 7.19. The SMILES string of the molecule is CC1CCC(NC(=O)c2cc(Cl)c(Cl)[nH]2)(C(=O)O)CC1. The Kier molecular flexibility index (Phi) is 4.30. The van der Waals surface area contributed by atoms with Crippen LogP contribution in [0.4, 0.5) is 0 Å². The molecule has 1 aromatic heterocycles. The highest BCUT2D eigenvalue weighted by molar-refractivity contribution is 6.41. The molecule has 0 aromatic carbocycles. The van der Waals surface area contributed by atoms with E-state index in [4.69, 9.17) is 23.2 Å². The number of amides is 1. The Bertz CT molecular complexity index is 514. The van der Waals surface area contributed by atoms with Gasteiger partial charge in [-0.25, -0.2) is 4.79 Å². The summed E-state index contributed by atoms with van der Waals surface area (Å²) in [6.45, 7) is 2.08. The van der Waals surface area contributed by atoms with Crippen molar-refractivity contribution >= 4 is 35.1 Å². The first-order chi connectivity index (χ1) is 9.34. The first kappa shape index (κ1) is 15.2. The number of rotatable bonds is 3. The summed E-state index contributed by atoms with van der Waals surface area (Å²) in [7, 11) is 0. The number of nitrogens with one attached hydrogen (secondary N) is 2. The molecule has 1 saturated carbocycles. The number of halogens is 2. The van der Waals surface area contributed by atoms with Crippen molar-refractivity contribution in [3.05, 3.63) is 21.9 Å². The third-order valence-corrected chi connectivity index (χ3v) is 4.55. The fourth-order valence-corrected chi connectivity index (χ4v) is 2.77. The van der Waals surface area contributed by atoms with E-state index in [-0.39, 0.29) is 15.9 Å². The molecule has 1 aliphatic carbocycles. The van der Waals surface area contributed by atoms with Crippen molar-refractivity contribution in [1.29, 1.82) is 0 Å². The Morgan fingerprint density at radius 2 is 2.00 bits per heavy atom. The summed E-state index contributed by atoms with van der Waals surface area (Å²) in [4.78, 5) is 26.3. The lowest BCUT2D eigenvalue weighted by molar-refractivity contribution is -0.146. The van der Waals surface area contributed by atoms with Crippen molar-refractivity contribution < 1.29 is 14.7 Å². The van der Waals surface area contributed by atoms with Gasteiger partial charge in [0, 0.05) is 0 Å². The van der Waals surface area contributed by atoms with Gasteiger partial charge in [-0.1, -0.05) is 30.1 Å². The Labute approximate surface area is 126 Å². The monoisotopic (exact) mass is 318 g/mol. The molecule has 20 heavy (non-hydrogen) atoms. The maximum atomic E-state index is 12.1. The summed E-state index contributed by atoms with van der Waals surface area (Å²) in [5.74, 6) is -1.02. The lowest BCUT2D eigenvalue weighted by atomic mass is 9.77. The molecule has 1 fully saturated rings. The van der Waals surface area contributed by atoms with Crippen LogP contribution in [-0.2, 0) is 4.79 Å². The average molecular weight is 319 g/mol. The van der Waals surface area contributed by atoms with Crippen LogP contribution in [0.25, 0.3) is 0 Å². The van der Waals surface area contributed by atoms with E-state index < -0.39 is 17.4 Å². The molecule has 1 aliphatic rings. The van der Waals surface area contributed by atoms with Gasteiger partial charge in [-0.3, -0.25) is 4.79 Å². The molecule has 1 aromatic rings. The van der Waals surface area contributed by atoms with Crippen LogP contribution < -0.4 is 5.32 Å². The van der Waals surface area contributed by atoms with E-state index >= 15 is 0 Å². The molecular weight excluding hydrogens is 303 g/mol. The van der Waals surface area contributed by atoms with Gasteiger partial charge in [0.15, 0.2) is 0 Å². The molecule has 0 atom stereocenters. The second kappa shape index (κ2) is 5.66. The fourth-order valence-electron chi connectivity index (χ4n) is 2.46. The smallest absolute Gasteiger partial charge is 0.329 e. The van der Waals surface area contributed by atoms with Gasteiger partial charge in [-0.05, 0) is 37.7 Å². The van der Waals surface area contributed by atoms with Crippen molar-refractivity contribution in [2.75, 3.05) is 0 Å². The molecule has 1 heterocycles. The molecule has 0 aliphatic heterocycles. The fraction of sp³-hybridized carbons (Fsp3) is 0.538. The minimum Gasteiger partial charge on any atom is -0.480 e. The summed E-state index contributed by atoms with van der Waals surface area (Å²) in [6.07, 6.45) is 2.41. The third kappa shape index (κ3) is 2.94. The molecule has 7 heteroatoms. The Morgan fingerprint density at radius 3 is 2.45 bits per heavy atom. The topological polar surface area (TPSA) is 82.2 Å². The number of aromatic amines is 1. The van der Waals surface area contributed by atoms with E-state index in [0.717, 1.165) is 12.8 Å². The van der Waals surface area contributed by atoms with Crippen molar-refractivity contribution in [3.63, 3.8) is 0 Å². The minimum atomic E-state index is -1.20. The van der Waals surface area contributed by atoms with Crippen LogP contribution in [0.15, 0.2) is 6.07 Å². The number of H-pyrrole nitrogens is 1. The van der Waals surface area contributed by atoms with E-state index in [1.54, 1.807) is 0 Å². The molecule has 0 saturated heterocycles. The van der Waals surface area contributed by atoms with Crippen LogP contribution in [0.2, 0.25) is 10.2 Å². The Hall–Kier alpha value is -1.20. The highest BCUT2D eigenvalue weighted by Gasteiger charge is 2.42.